The number of aromatic nitrogens is 2. The van der Waals surface area contributed by atoms with Gasteiger partial charge in [0.15, 0.2) is 0 Å². The Morgan fingerprint density at radius 3 is 2.45 bits per heavy atom. The summed E-state index contributed by atoms with van der Waals surface area (Å²) in [5.74, 6) is -1.14. The van der Waals surface area contributed by atoms with E-state index in [1.165, 1.54) is 30.3 Å². The maximum absolute atomic E-state index is 13.1. The molecule has 0 fully saturated rings. The smallest absolute Gasteiger partial charge is 0.344 e. The Balaban J connectivity index is 1.89. The lowest BCUT2D eigenvalue weighted by Gasteiger charge is -2.20. The first-order valence-electron chi connectivity index (χ1n) is 9.53. The van der Waals surface area contributed by atoms with Crippen LogP contribution in [0.3, 0.4) is 0 Å². The summed E-state index contributed by atoms with van der Waals surface area (Å²) in [5, 5.41) is 6.72. The van der Waals surface area contributed by atoms with Crippen molar-refractivity contribution in [2.45, 2.75) is 32.0 Å². The molecule has 162 valence electrons. The number of carbonyl (C=O) groups excluding carboxylic acids is 1. The number of hydrogen-bond donors (Lipinski definition) is 1. The summed E-state index contributed by atoms with van der Waals surface area (Å²) in [6.07, 6.45) is -3.47. The van der Waals surface area contributed by atoms with E-state index in [1.54, 1.807) is 0 Å². The number of hydrogen-bond acceptors (Lipinski definition) is 3. The van der Waals surface area contributed by atoms with Crippen molar-refractivity contribution in [3.63, 3.8) is 0 Å². The van der Waals surface area contributed by atoms with Crippen molar-refractivity contribution < 1.29 is 22.4 Å². The van der Waals surface area contributed by atoms with E-state index in [9.17, 15) is 27.2 Å². The summed E-state index contributed by atoms with van der Waals surface area (Å²) >= 11 is 0. The fourth-order valence-electron chi connectivity index (χ4n) is 3.07. The molecule has 3 aromatic rings. The minimum Gasteiger partial charge on any atom is -0.344 e. The average Bonchev–Trinajstić information content (AvgIpc) is 2.74. The van der Waals surface area contributed by atoms with Crippen molar-refractivity contribution in [2.75, 3.05) is 0 Å². The lowest BCUT2D eigenvalue weighted by molar-refractivity contribution is -0.137. The first-order chi connectivity index (χ1) is 14.7. The van der Waals surface area contributed by atoms with E-state index in [2.05, 4.69) is 10.4 Å². The molecule has 0 radical (unpaired) electrons. The predicted molar refractivity (Wildman–Crippen MR) is 106 cm³/mol. The predicted octanol–water partition coefficient (Wildman–Crippen LogP) is 4.66. The number of benzene rings is 2. The van der Waals surface area contributed by atoms with Crippen molar-refractivity contribution in [1.82, 2.24) is 15.1 Å². The van der Waals surface area contributed by atoms with Gasteiger partial charge in [-0.1, -0.05) is 25.5 Å². The van der Waals surface area contributed by atoms with Crippen LogP contribution in [0.25, 0.3) is 5.69 Å². The van der Waals surface area contributed by atoms with E-state index < -0.39 is 35.1 Å². The van der Waals surface area contributed by atoms with E-state index in [1.807, 2.05) is 6.92 Å². The second-order valence-electron chi connectivity index (χ2n) is 6.88. The molecule has 0 aliphatic rings. The van der Waals surface area contributed by atoms with Gasteiger partial charge in [0.25, 0.3) is 11.5 Å². The third-order valence-corrected chi connectivity index (χ3v) is 4.60. The molecule has 0 aliphatic carbocycles. The number of amides is 1. The Labute approximate surface area is 175 Å². The summed E-state index contributed by atoms with van der Waals surface area (Å²) in [6.45, 7) is 1.85. The van der Waals surface area contributed by atoms with Gasteiger partial charge in [-0.3, -0.25) is 9.59 Å². The lowest BCUT2D eigenvalue weighted by atomic mass is 9.99. The number of rotatable bonds is 6. The molecule has 0 spiro atoms. The Morgan fingerprint density at radius 1 is 1.10 bits per heavy atom. The molecule has 2 aromatic carbocycles. The van der Waals surface area contributed by atoms with Gasteiger partial charge >= 0.3 is 6.18 Å². The lowest BCUT2D eigenvalue weighted by Crippen LogP contribution is -2.32. The van der Waals surface area contributed by atoms with Crippen LogP contribution in [0.1, 0.15) is 47.4 Å². The summed E-state index contributed by atoms with van der Waals surface area (Å²) in [7, 11) is 0. The second kappa shape index (κ2) is 9.11. The highest BCUT2D eigenvalue weighted by Gasteiger charge is 2.31. The molecule has 0 aliphatic heterocycles. The summed E-state index contributed by atoms with van der Waals surface area (Å²) in [6, 6.07) is 11.5. The maximum atomic E-state index is 13.1. The summed E-state index contributed by atoms with van der Waals surface area (Å²) in [5.41, 5.74) is -0.840. The molecule has 1 heterocycles. The third-order valence-electron chi connectivity index (χ3n) is 4.60. The van der Waals surface area contributed by atoms with Crippen LogP contribution < -0.4 is 10.9 Å². The summed E-state index contributed by atoms with van der Waals surface area (Å²) < 4.78 is 53.3. The van der Waals surface area contributed by atoms with Crippen molar-refractivity contribution in [3.05, 3.63) is 93.7 Å². The highest BCUT2D eigenvalue weighted by atomic mass is 19.4. The molecule has 1 aromatic heterocycles. The van der Waals surface area contributed by atoms with E-state index >= 15 is 0 Å². The quantitative estimate of drug-likeness (QED) is 0.575. The van der Waals surface area contributed by atoms with Crippen molar-refractivity contribution >= 4 is 5.91 Å². The second-order valence-corrected chi connectivity index (χ2v) is 6.88. The molecule has 0 bridgehead atoms. The van der Waals surface area contributed by atoms with E-state index in [-0.39, 0.29) is 11.4 Å². The molecule has 1 N–H and O–H groups in total. The molecule has 9 heteroatoms. The van der Waals surface area contributed by atoms with Crippen LogP contribution in [0.2, 0.25) is 0 Å². The molecular formula is C22H19F4N3O2. The first kappa shape index (κ1) is 22.2. The monoisotopic (exact) mass is 433 g/mol. The number of alkyl halides is 3. The molecule has 0 unspecified atom stereocenters. The van der Waals surface area contributed by atoms with Gasteiger partial charge in [0, 0.05) is 6.07 Å². The normalized spacial score (nSPS) is 12.4. The Kier molecular flexibility index (Phi) is 6.53. The van der Waals surface area contributed by atoms with Crippen LogP contribution >= 0.6 is 0 Å². The SMILES string of the molecule is CCC[C@@H](NC(=O)c1ccc(=O)n(-c2ccc(F)cc2)n1)c1cccc(C(F)(F)F)c1. The minimum absolute atomic E-state index is 0.1000. The molecule has 1 amide bonds. The van der Waals surface area contributed by atoms with E-state index in [0.717, 1.165) is 35.0 Å². The van der Waals surface area contributed by atoms with Crippen LogP contribution in [0.15, 0.2) is 65.5 Å². The Morgan fingerprint density at radius 2 is 1.81 bits per heavy atom. The van der Waals surface area contributed by atoms with Gasteiger partial charge in [-0.25, -0.2) is 4.39 Å². The topological polar surface area (TPSA) is 64.0 Å². The molecule has 31 heavy (non-hydrogen) atoms. The standard InChI is InChI=1S/C22H19F4N3O2/c1-2-4-18(14-5-3-6-15(13-14)22(24,25)26)27-21(31)19-11-12-20(30)29(28-19)17-9-7-16(23)8-10-17/h3,5-13,18H,2,4H2,1H3,(H,27,31)/t18-/m1/s1. The number of halogens is 4. The van der Waals surface area contributed by atoms with Gasteiger partial charge < -0.3 is 5.32 Å². The van der Waals surface area contributed by atoms with Gasteiger partial charge in [-0.05, 0) is 54.4 Å². The van der Waals surface area contributed by atoms with Crippen molar-refractivity contribution in [3.8, 4) is 5.69 Å². The third kappa shape index (κ3) is 5.36. The van der Waals surface area contributed by atoms with E-state index in [4.69, 9.17) is 0 Å². The fraction of sp³-hybridized carbons (Fsp3) is 0.227. The first-order valence-corrected chi connectivity index (χ1v) is 9.53. The maximum Gasteiger partial charge on any atom is 0.416 e. The van der Waals surface area contributed by atoms with Gasteiger partial charge in [0.2, 0.25) is 0 Å². The zero-order valence-electron chi connectivity index (χ0n) is 16.5. The minimum atomic E-state index is -4.50. The molecule has 3 rings (SSSR count). The van der Waals surface area contributed by atoms with Crippen LogP contribution in [0.4, 0.5) is 17.6 Å². The Hall–Kier alpha value is -3.49. The van der Waals surface area contributed by atoms with Gasteiger partial charge in [-0.2, -0.15) is 23.0 Å². The summed E-state index contributed by atoms with van der Waals surface area (Å²) in [4.78, 5) is 24.9. The van der Waals surface area contributed by atoms with Crippen LogP contribution in [-0.4, -0.2) is 15.7 Å². The number of carbonyl (C=O) groups is 1. The van der Waals surface area contributed by atoms with Crippen LogP contribution in [0.5, 0.6) is 0 Å². The molecule has 0 saturated heterocycles. The zero-order valence-corrected chi connectivity index (χ0v) is 16.5. The fourth-order valence-corrected chi connectivity index (χ4v) is 3.07. The number of nitrogens with one attached hydrogen (secondary N) is 1. The highest BCUT2D eigenvalue weighted by molar-refractivity contribution is 5.92. The molecule has 0 saturated carbocycles. The Bertz CT molecular complexity index is 1120. The van der Waals surface area contributed by atoms with E-state index in [0.29, 0.717) is 18.4 Å². The van der Waals surface area contributed by atoms with Crippen molar-refractivity contribution in [2.24, 2.45) is 0 Å². The highest BCUT2D eigenvalue weighted by Crippen LogP contribution is 2.31. The van der Waals surface area contributed by atoms with Crippen molar-refractivity contribution in [1.29, 1.82) is 0 Å². The average molecular weight is 433 g/mol. The van der Waals surface area contributed by atoms with Gasteiger partial charge in [0.05, 0.1) is 17.3 Å². The molecular weight excluding hydrogens is 414 g/mol. The molecule has 5 nitrogen and oxygen atoms in total. The molecule has 1 atom stereocenters. The van der Waals surface area contributed by atoms with Gasteiger partial charge in [-0.15, -0.1) is 0 Å². The number of nitrogens with zero attached hydrogens (tertiary/aromatic N) is 2. The van der Waals surface area contributed by atoms with Crippen LogP contribution in [-0.2, 0) is 6.18 Å². The van der Waals surface area contributed by atoms with Crippen LogP contribution in [0, 0.1) is 5.82 Å². The zero-order chi connectivity index (χ0) is 22.6. The largest absolute Gasteiger partial charge is 0.416 e. The van der Waals surface area contributed by atoms with Gasteiger partial charge in [0.1, 0.15) is 11.5 Å².